The van der Waals surface area contributed by atoms with Crippen molar-refractivity contribution in [3.05, 3.63) is 45.8 Å². The molecule has 1 aliphatic heterocycles. The van der Waals surface area contributed by atoms with Gasteiger partial charge in [0.1, 0.15) is 4.21 Å². The average Bonchev–Trinajstić information content (AvgIpc) is 2.86. The van der Waals surface area contributed by atoms with Gasteiger partial charge in [0.2, 0.25) is 0 Å². The van der Waals surface area contributed by atoms with Gasteiger partial charge in [-0.05, 0) is 35.7 Å². The van der Waals surface area contributed by atoms with Gasteiger partial charge in [-0.2, -0.15) is 4.31 Å². The van der Waals surface area contributed by atoms with Gasteiger partial charge in [-0.3, -0.25) is 0 Å². The molecule has 2 heterocycles. The number of nitrogen functional groups attached to an aromatic ring is 1. The predicted octanol–water partition coefficient (Wildman–Crippen LogP) is 2.73. The lowest BCUT2D eigenvalue weighted by molar-refractivity contribution is 0.393. The Balaban J connectivity index is 1.96. The lowest BCUT2D eigenvalue weighted by atomic mass is 10.00. The zero-order valence-corrected chi connectivity index (χ0v) is 12.9. The van der Waals surface area contributed by atoms with E-state index in [0.717, 1.165) is 22.5 Å². The third-order valence-corrected chi connectivity index (χ3v) is 6.96. The van der Waals surface area contributed by atoms with Crippen LogP contribution >= 0.6 is 22.9 Å². The summed E-state index contributed by atoms with van der Waals surface area (Å²) in [5, 5.41) is 0. The molecule has 0 fully saturated rings. The van der Waals surface area contributed by atoms with Crippen molar-refractivity contribution in [3.63, 3.8) is 0 Å². The number of nitrogens with zero attached hydrogens (tertiary/aromatic N) is 1. The number of hydrogen-bond donors (Lipinski definition) is 1. The highest BCUT2D eigenvalue weighted by molar-refractivity contribution is 7.91. The number of benzene rings is 1. The molecule has 4 nitrogen and oxygen atoms in total. The Morgan fingerprint density at radius 3 is 2.75 bits per heavy atom. The predicted molar refractivity (Wildman–Crippen MR) is 81.5 cm³/mol. The number of hydrogen-bond acceptors (Lipinski definition) is 4. The van der Waals surface area contributed by atoms with Crippen LogP contribution in [0, 0.1) is 0 Å². The van der Waals surface area contributed by atoms with Crippen LogP contribution in [0.5, 0.6) is 0 Å². The fourth-order valence-corrected chi connectivity index (χ4v) is 5.40. The Labute approximate surface area is 126 Å². The SMILES string of the molecule is Nc1cccc2c1CN(S(=O)(=O)c1ccc(Cl)s1)CC2. The summed E-state index contributed by atoms with van der Waals surface area (Å²) in [5.74, 6) is 0. The molecule has 0 aliphatic carbocycles. The summed E-state index contributed by atoms with van der Waals surface area (Å²) < 4.78 is 27.3. The molecule has 1 aromatic heterocycles. The number of rotatable bonds is 2. The molecule has 2 aromatic rings. The molecule has 1 aliphatic rings. The number of nitrogens with two attached hydrogens (primary N) is 1. The highest BCUT2D eigenvalue weighted by Gasteiger charge is 2.30. The monoisotopic (exact) mass is 328 g/mol. The molecule has 0 atom stereocenters. The first kappa shape index (κ1) is 13.9. The maximum absolute atomic E-state index is 12.6. The highest BCUT2D eigenvalue weighted by Crippen LogP contribution is 2.32. The van der Waals surface area contributed by atoms with Gasteiger partial charge in [-0.15, -0.1) is 11.3 Å². The smallest absolute Gasteiger partial charge is 0.252 e. The molecule has 1 aromatic carbocycles. The zero-order chi connectivity index (χ0) is 14.3. The van der Waals surface area contributed by atoms with Crippen molar-refractivity contribution < 1.29 is 8.42 Å². The van der Waals surface area contributed by atoms with Crippen molar-refractivity contribution in [1.29, 1.82) is 0 Å². The fraction of sp³-hybridized carbons (Fsp3) is 0.231. The minimum atomic E-state index is -3.49. The van der Waals surface area contributed by atoms with E-state index < -0.39 is 10.0 Å². The van der Waals surface area contributed by atoms with E-state index in [-0.39, 0.29) is 4.21 Å². The average molecular weight is 329 g/mol. The molecule has 7 heteroatoms. The number of halogens is 1. The van der Waals surface area contributed by atoms with Crippen molar-refractivity contribution in [1.82, 2.24) is 4.31 Å². The third kappa shape index (κ3) is 2.33. The molecule has 0 bridgehead atoms. The van der Waals surface area contributed by atoms with Crippen LogP contribution in [-0.4, -0.2) is 19.3 Å². The summed E-state index contributed by atoms with van der Waals surface area (Å²) in [6, 6.07) is 8.85. The van der Waals surface area contributed by atoms with Gasteiger partial charge in [-0.25, -0.2) is 8.42 Å². The highest BCUT2D eigenvalue weighted by atomic mass is 35.5. The summed E-state index contributed by atoms with van der Waals surface area (Å²) in [6.45, 7) is 0.786. The summed E-state index contributed by atoms with van der Waals surface area (Å²) in [6.07, 6.45) is 0.679. The molecule has 106 valence electrons. The van der Waals surface area contributed by atoms with Gasteiger partial charge in [0, 0.05) is 18.8 Å². The Bertz CT molecular complexity index is 755. The van der Waals surface area contributed by atoms with E-state index in [1.54, 1.807) is 18.2 Å². The van der Waals surface area contributed by atoms with Crippen molar-refractivity contribution in [2.45, 2.75) is 17.2 Å². The second kappa shape index (κ2) is 5.04. The van der Waals surface area contributed by atoms with Gasteiger partial charge in [-0.1, -0.05) is 23.7 Å². The van der Waals surface area contributed by atoms with Crippen LogP contribution in [0.4, 0.5) is 5.69 Å². The quantitative estimate of drug-likeness (QED) is 0.862. The van der Waals surface area contributed by atoms with Crippen LogP contribution in [0.3, 0.4) is 0 Å². The van der Waals surface area contributed by atoms with Crippen LogP contribution in [-0.2, 0) is 23.0 Å². The molecular weight excluding hydrogens is 316 g/mol. The topological polar surface area (TPSA) is 63.4 Å². The molecule has 0 saturated carbocycles. The normalized spacial score (nSPS) is 16.1. The van der Waals surface area contributed by atoms with E-state index >= 15 is 0 Å². The van der Waals surface area contributed by atoms with E-state index in [1.807, 2.05) is 12.1 Å². The lowest BCUT2D eigenvalue weighted by Crippen LogP contribution is -2.36. The number of thiophene rings is 1. The number of fused-ring (bicyclic) bond motifs is 1. The van der Waals surface area contributed by atoms with E-state index in [1.165, 1.54) is 4.31 Å². The Kier molecular flexibility index (Phi) is 3.50. The molecule has 0 amide bonds. The number of anilines is 1. The molecule has 0 saturated heterocycles. The summed E-state index contributed by atoms with van der Waals surface area (Å²) in [7, 11) is -3.49. The molecule has 0 unspecified atom stereocenters. The van der Waals surface area contributed by atoms with E-state index in [2.05, 4.69) is 0 Å². The van der Waals surface area contributed by atoms with Gasteiger partial charge in [0.25, 0.3) is 10.0 Å². The number of sulfonamides is 1. The van der Waals surface area contributed by atoms with E-state index in [0.29, 0.717) is 29.5 Å². The second-order valence-electron chi connectivity index (χ2n) is 4.63. The van der Waals surface area contributed by atoms with Gasteiger partial charge >= 0.3 is 0 Å². The van der Waals surface area contributed by atoms with Gasteiger partial charge in [0.05, 0.1) is 4.34 Å². The fourth-order valence-electron chi connectivity index (χ4n) is 2.35. The van der Waals surface area contributed by atoms with Crippen LogP contribution < -0.4 is 5.73 Å². The largest absolute Gasteiger partial charge is 0.398 e. The molecule has 0 radical (unpaired) electrons. The first-order valence-electron chi connectivity index (χ1n) is 6.10. The standard InChI is InChI=1S/C13H13ClN2O2S2/c14-12-4-5-13(19-12)20(17,18)16-7-6-9-2-1-3-11(15)10(9)8-16/h1-5H,6-8,15H2. The third-order valence-electron chi connectivity index (χ3n) is 3.42. The van der Waals surface area contributed by atoms with Crippen molar-refractivity contribution >= 4 is 38.6 Å². The maximum atomic E-state index is 12.6. The molecule has 20 heavy (non-hydrogen) atoms. The van der Waals surface area contributed by atoms with E-state index in [9.17, 15) is 8.42 Å². The minimum Gasteiger partial charge on any atom is -0.398 e. The molecule has 2 N–H and O–H groups in total. The molecule has 0 spiro atoms. The zero-order valence-electron chi connectivity index (χ0n) is 10.5. The molecule has 3 rings (SSSR count). The van der Waals surface area contributed by atoms with Gasteiger partial charge in [0.15, 0.2) is 0 Å². The van der Waals surface area contributed by atoms with Crippen molar-refractivity contribution in [3.8, 4) is 0 Å². The van der Waals surface area contributed by atoms with E-state index in [4.69, 9.17) is 17.3 Å². The maximum Gasteiger partial charge on any atom is 0.252 e. The van der Waals surface area contributed by atoms with Crippen LogP contribution in [0.1, 0.15) is 11.1 Å². The lowest BCUT2D eigenvalue weighted by Gasteiger charge is -2.28. The van der Waals surface area contributed by atoms with Crippen LogP contribution in [0.15, 0.2) is 34.5 Å². The second-order valence-corrected chi connectivity index (χ2v) is 8.51. The first-order chi connectivity index (χ1) is 9.48. The van der Waals surface area contributed by atoms with Crippen molar-refractivity contribution in [2.75, 3.05) is 12.3 Å². The Hall–Kier alpha value is -1.08. The summed E-state index contributed by atoms with van der Waals surface area (Å²) >= 11 is 6.91. The summed E-state index contributed by atoms with van der Waals surface area (Å²) in [5.41, 5.74) is 8.63. The van der Waals surface area contributed by atoms with Crippen molar-refractivity contribution in [2.24, 2.45) is 0 Å². The minimum absolute atomic E-state index is 0.278. The Morgan fingerprint density at radius 1 is 1.25 bits per heavy atom. The van der Waals surface area contributed by atoms with Crippen LogP contribution in [0.2, 0.25) is 4.34 Å². The van der Waals surface area contributed by atoms with Crippen LogP contribution in [0.25, 0.3) is 0 Å². The first-order valence-corrected chi connectivity index (χ1v) is 8.73. The summed E-state index contributed by atoms with van der Waals surface area (Å²) in [4.78, 5) is 0. The van der Waals surface area contributed by atoms with Gasteiger partial charge < -0.3 is 5.73 Å². The molecular formula is C13H13ClN2O2S2. The Morgan fingerprint density at radius 2 is 2.05 bits per heavy atom.